The summed E-state index contributed by atoms with van der Waals surface area (Å²) in [6, 6.07) is 9.14. The number of rotatable bonds is 1. The lowest BCUT2D eigenvalue weighted by Gasteiger charge is -2.34. The van der Waals surface area contributed by atoms with E-state index in [-0.39, 0.29) is 0 Å². The van der Waals surface area contributed by atoms with E-state index in [2.05, 4.69) is 48.0 Å². The van der Waals surface area contributed by atoms with E-state index in [0.29, 0.717) is 0 Å². The number of nitrogens with zero attached hydrogens (tertiary/aromatic N) is 2. The van der Waals surface area contributed by atoms with Crippen molar-refractivity contribution in [1.82, 2.24) is 4.90 Å². The van der Waals surface area contributed by atoms with Crippen LogP contribution in [0, 0.1) is 6.92 Å². The van der Waals surface area contributed by atoms with Gasteiger partial charge in [0, 0.05) is 41.4 Å². The minimum Gasteiger partial charge on any atom is -0.369 e. The predicted octanol–water partition coefficient (Wildman–Crippen LogP) is 2.96. The van der Waals surface area contributed by atoms with Crippen LogP contribution in [-0.4, -0.2) is 38.1 Å². The SMILES string of the molecule is Cc1cc2ccc(N3CCN(C)CC3)cc2s1. The summed E-state index contributed by atoms with van der Waals surface area (Å²) in [5, 5.41) is 1.38. The molecule has 3 heteroatoms. The Labute approximate surface area is 106 Å². The molecule has 0 spiro atoms. The van der Waals surface area contributed by atoms with Crippen molar-refractivity contribution < 1.29 is 0 Å². The van der Waals surface area contributed by atoms with Crippen molar-refractivity contribution in [1.29, 1.82) is 0 Å². The molecule has 17 heavy (non-hydrogen) atoms. The normalized spacial score (nSPS) is 17.9. The Morgan fingerprint density at radius 3 is 2.59 bits per heavy atom. The average molecular weight is 246 g/mol. The van der Waals surface area contributed by atoms with Gasteiger partial charge in [-0.3, -0.25) is 0 Å². The van der Waals surface area contributed by atoms with E-state index in [9.17, 15) is 0 Å². The molecule has 0 aliphatic carbocycles. The summed E-state index contributed by atoms with van der Waals surface area (Å²) >= 11 is 1.89. The van der Waals surface area contributed by atoms with Gasteiger partial charge >= 0.3 is 0 Å². The molecule has 1 aliphatic rings. The van der Waals surface area contributed by atoms with Crippen LogP contribution in [0.1, 0.15) is 4.88 Å². The van der Waals surface area contributed by atoms with Gasteiger partial charge in [-0.2, -0.15) is 0 Å². The maximum absolute atomic E-state index is 2.49. The van der Waals surface area contributed by atoms with Gasteiger partial charge in [-0.1, -0.05) is 6.07 Å². The van der Waals surface area contributed by atoms with Crippen molar-refractivity contribution in [3.63, 3.8) is 0 Å². The Hall–Kier alpha value is -1.06. The van der Waals surface area contributed by atoms with Crippen molar-refractivity contribution in [3.8, 4) is 0 Å². The van der Waals surface area contributed by atoms with Gasteiger partial charge in [0.15, 0.2) is 0 Å². The zero-order chi connectivity index (χ0) is 11.8. The third-order valence-electron chi connectivity index (χ3n) is 3.50. The maximum Gasteiger partial charge on any atom is 0.0381 e. The lowest BCUT2D eigenvalue weighted by atomic mass is 10.2. The Morgan fingerprint density at radius 1 is 1.06 bits per heavy atom. The fraction of sp³-hybridized carbons (Fsp3) is 0.429. The van der Waals surface area contributed by atoms with Crippen molar-refractivity contribution >= 4 is 27.1 Å². The maximum atomic E-state index is 2.49. The highest BCUT2D eigenvalue weighted by Gasteiger charge is 2.14. The third kappa shape index (κ3) is 2.17. The molecule has 1 aromatic heterocycles. The summed E-state index contributed by atoms with van der Waals surface area (Å²) in [4.78, 5) is 6.29. The molecule has 1 aliphatic heterocycles. The van der Waals surface area contributed by atoms with Crippen molar-refractivity contribution in [2.24, 2.45) is 0 Å². The molecule has 0 bridgehead atoms. The molecule has 0 amide bonds. The van der Waals surface area contributed by atoms with Gasteiger partial charge in [-0.25, -0.2) is 0 Å². The molecule has 0 N–H and O–H groups in total. The number of thiophene rings is 1. The first-order chi connectivity index (χ1) is 8.22. The van der Waals surface area contributed by atoms with Crippen LogP contribution in [0.25, 0.3) is 10.1 Å². The van der Waals surface area contributed by atoms with Gasteiger partial charge in [-0.15, -0.1) is 11.3 Å². The van der Waals surface area contributed by atoms with Gasteiger partial charge in [0.25, 0.3) is 0 Å². The lowest BCUT2D eigenvalue weighted by Crippen LogP contribution is -2.44. The molecule has 1 fully saturated rings. The molecule has 2 nitrogen and oxygen atoms in total. The number of aryl methyl sites for hydroxylation is 1. The van der Waals surface area contributed by atoms with Crippen LogP contribution in [-0.2, 0) is 0 Å². The number of likely N-dealkylation sites (N-methyl/N-ethyl adjacent to an activating group) is 1. The van der Waals surface area contributed by atoms with Crippen LogP contribution in [0.5, 0.6) is 0 Å². The first kappa shape index (κ1) is 11.1. The minimum absolute atomic E-state index is 1.15. The van der Waals surface area contributed by atoms with Gasteiger partial charge in [0.05, 0.1) is 0 Å². The smallest absolute Gasteiger partial charge is 0.0381 e. The molecule has 0 unspecified atom stereocenters. The standard InChI is InChI=1S/C14H18N2S/c1-11-9-12-3-4-13(10-14(12)17-11)16-7-5-15(2)6-8-16/h3-4,9-10H,5-8H2,1-2H3. The van der Waals surface area contributed by atoms with Crippen LogP contribution in [0.3, 0.4) is 0 Å². The summed E-state index contributed by atoms with van der Waals surface area (Å²) < 4.78 is 1.42. The highest BCUT2D eigenvalue weighted by molar-refractivity contribution is 7.19. The molecule has 0 radical (unpaired) electrons. The number of piperazine rings is 1. The topological polar surface area (TPSA) is 6.48 Å². The fourth-order valence-corrected chi connectivity index (χ4v) is 3.37. The number of anilines is 1. The highest BCUT2D eigenvalue weighted by Crippen LogP contribution is 2.29. The monoisotopic (exact) mass is 246 g/mol. The average Bonchev–Trinajstić information content (AvgIpc) is 2.69. The lowest BCUT2D eigenvalue weighted by molar-refractivity contribution is 0.313. The summed E-state index contributed by atoms with van der Waals surface area (Å²) in [5.74, 6) is 0. The zero-order valence-corrected chi connectivity index (χ0v) is 11.3. The molecule has 3 rings (SSSR count). The predicted molar refractivity (Wildman–Crippen MR) is 76.3 cm³/mol. The van der Waals surface area contributed by atoms with Crippen LogP contribution >= 0.6 is 11.3 Å². The molecular weight excluding hydrogens is 228 g/mol. The van der Waals surface area contributed by atoms with Gasteiger partial charge in [-0.05, 0) is 37.6 Å². The summed E-state index contributed by atoms with van der Waals surface area (Å²) in [5.41, 5.74) is 1.38. The summed E-state index contributed by atoms with van der Waals surface area (Å²) in [6.45, 7) is 6.81. The second kappa shape index (κ2) is 4.31. The van der Waals surface area contributed by atoms with E-state index in [1.807, 2.05) is 11.3 Å². The molecule has 2 aromatic rings. The highest BCUT2D eigenvalue weighted by atomic mass is 32.1. The minimum atomic E-state index is 1.15. The molecule has 0 atom stereocenters. The van der Waals surface area contributed by atoms with Crippen LogP contribution in [0.4, 0.5) is 5.69 Å². The first-order valence-electron chi connectivity index (χ1n) is 6.16. The molecule has 90 valence electrons. The van der Waals surface area contributed by atoms with E-state index in [1.54, 1.807) is 0 Å². The molecule has 2 heterocycles. The van der Waals surface area contributed by atoms with E-state index < -0.39 is 0 Å². The van der Waals surface area contributed by atoms with Gasteiger partial charge < -0.3 is 9.80 Å². The van der Waals surface area contributed by atoms with E-state index >= 15 is 0 Å². The van der Waals surface area contributed by atoms with Gasteiger partial charge in [0.2, 0.25) is 0 Å². The van der Waals surface area contributed by atoms with E-state index in [4.69, 9.17) is 0 Å². The van der Waals surface area contributed by atoms with E-state index in [0.717, 1.165) is 13.1 Å². The van der Waals surface area contributed by atoms with Gasteiger partial charge in [0.1, 0.15) is 0 Å². The quantitative estimate of drug-likeness (QED) is 0.763. The molecule has 1 aromatic carbocycles. The van der Waals surface area contributed by atoms with E-state index in [1.165, 1.54) is 33.7 Å². The molecule has 1 saturated heterocycles. The van der Waals surface area contributed by atoms with Crippen LogP contribution in [0.15, 0.2) is 24.3 Å². The first-order valence-corrected chi connectivity index (χ1v) is 6.98. The largest absolute Gasteiger partial charge is 0.369 e. The van der Waals surface area contributed by atoms with Crippen LogP contribution < -0.4 is 4.90 Å². The number of fused-ring (bicyclic) bond motifs is 1. The molecular formula is C14H18N2S. The number of hydrogen-bond acceptors (Lipinski definition) is 3. The second-order valence-electron chi connectivity index (χ2n) is 4.87. The van der Waals surface area contributed by atoms with Crippen molar-refractivity contribution in [2.75, 3.05) is 38.1 Å². The zero-order valence-electron chi connectivity index (χ0n) is 10.4. The fourth-order valence-electron chi connectivity index (χ4n) is 2.41. The summed E-state index contributed by atoms with van der Waals surface area (Å²) in [6.07, 6.45) is 0. The van der Waals surface area contributed by atoms with Crippen molar-refractivity contribution in [2.45, 2.75) is 6.92 Å². The Bertz CT molecular complexity index is 524. The summed E-state index contributed by atoms with van der Waals surface area (Å²) in [7, 11) is 2.20. The van der Waals surface area contributed by atoms with Crippen molar-refractivity contribution in [3.05, 3.63) is 29.1 Å². The number of benzene rings is 1. The molecule has 0 saturated carbocycles. The number of hydrogen-bond donors (Lipinski definition) is 0. The van der Waals surface area contributed by atoms with Crippen LogP contribution in [0.2, 0.25) is 0 Å². The Balaban J connectivity index is 1.89. The second-order valence-corrected chi connectivity index (χ2v) is 6.16. The third-order valence-corrected chi connectivity index (χ3v) is 4.51. The Kier molecular flexibility index (Phi) is 2.81. The Morgan fingerprint density at radius 2 is 1.82 bits per heavy atom.